The molecular formula is C31H35ClF2N2O4S. The molecule has 41 heavy (non-hydrogen) atoms. The monoisotopic (exact) mass is 604 g/mol. The Labute approximate surface area is 246 Å². The molecule has 0 bridgehead atoms. The molecule has 220 valence electrons. The average Bonchev–Trinajstić information content (AvgIpc) is 2.89. The van der Waals surface area contributed by atoms with E-state index in [1.165, 1.54) is 11.0 Å². The minimum atomic E-state index is -3.71. The highest BCUT2D eigenvalue weighted by Gasteiger charge is 2.31. The summed E-state index contributed by atoms with van der Waals surface area (Å²) in [5, 5.41) is 1.88. The van der Waals surface area contributed by atoms with Crippen molar-refractivity contribution in [2.24, 2.45) is 0 Å². The standard InChI is InChI=1S/C31H35ClF2N2O4S/c1-39-13-11-35(12-14-40-2)18-23-3-5-26(6-4-23)31(27-7-9-28(32)10-8-27)36-19-25(20-36)22-41(37,38)21-24-15-29(33)17-30(34)16-24/h3-10,15-17,22,31H,11-14,18-21H2,1-2H3/t31-/m0/s1. The van der Waals surface area contributed by atoms with Crippen LogP contribution in [0.25, 0.3) is 0 Å². The summed E-state index contributed by atoms with van der Waals surface area (Å²) in [7, 11) is -0.321. The van der Waals surface area contributed by atoms with E-state index in [1.54, 1.807) is 14.2 Å². The summed E-state index contributed by atoms with van der Waals surface area (Å²) in [4.78, 5) is 4.47. The SMILES string of the molecule is COCCN(CCOC)Cc1ccc([C@@H](c2ccc(Cl)cc2)N2CC(=CS(=O)(=O)Cc3cc(F)cc(F)c3)C2)cc1. The van der Waals surface area contributed by atoms with Gasteiger partial charge in [0.15, 0.2) is 9.84 Å². The third kappa shape index (κ3) is 9.16. The van der Waals surface area contributed by atoms with Crippen LogP contribution in [0.3, 0.4) is 0 Å². The molecule has 1 heterocycles. The number of likely N-dealkylation sites (tertiary alicyclic amines) is 1. The van der Waals surface area contributed by atoms with E-state index in [0.717, 1.165) is 54.5 Å². The van der Waals surface area contributed by atoms with Crippen molar-refractivity contribution < 1.29 is 26.7 Å². The summed E-state index contributed by atoms with van der Waals surface area (Å²) < 4.78 is 63.1. The summed E-state index contributed by atoms with van der Waals surface area (Å²) >= 11 is 6.15. The quantitative estimate of drug-likeness (QED) is 0.238. The first-order valence-electron chi connectivity index (χ1n) is 13.3. The Bertz CT molecular complexity index is 1400. The zero-order valence-corrected chi connectivity index (χ0v) is 24.8. The molecule has 0 aliphatic carbocycles. The van der Waals surface area contributed by atoms with E-state index in [1.807, 2.05) is 24.3 Å². The lowest BCUT2D eigenvalue weighted by molar-refractivity contribution is 0.110. The number of hydrogen-bond acceptors (Lipinski definition) is 6. The first kappa shape index (κ1) is 31.3. The van der Waals surface area contributed by atoms with E-state index in [9.17, 15) is 17.2 Å². The first-order valence-corrected chi connectivity index (χ1v) is 15.4. The number of benzene rings is 3. The number of nitrogens with zero attached hydrogens (tertiary/aromatic N) is 2. The van der Waals surface area contributed by atoms with Gasteiger partial charge in [-0.25, -0.2) is 17.2 Å². The van der Waals surface area contributed by atoms with Gasteiger partial charge in [-0.05, 0) is 52.1 Å². The van der Waals surface area contributed by atoms with Crippen LogP contribution >= 0.6 is 11.6 Å². The number of halogens is 3. The molecule has 3 aromatic carbocycles. The van der Waals surface area contributed by atoms with Crippen molar-refractivity contribution in [3.63, 3.8) is 0 Å². The minimum absolute atomic E-state index is 0.0812. The van der Waals surface area contributed by atoms with Gasteiger partial charge in [0.05, 0.1) is 25.0 Å². The summed E-state index contributed by atoms with van der Waals surface area (Å²) in [6.07, 6.45) is 0. The van der Waals surface area contributed by atoms with Gasteiger partial charge in [0.2, 0.25) is 0 Å². The van der Waals surface area contributed by atoms with E-state index >= 15 is 0 Å². The summed E-state index contributed by atoms with van der Waals surface area (Å²) in [5.41, 5.74) is 4.11. The van der Waals surface area contributed by atoms with E-state index in [4.69, 9.17) is 21.1 Å². The lowest BCUT2D eigenvalue weighted by atomic mass is 9.92. The van der Waals surface area contributed by atoms with Crippen molar-refractivity contribution in [1.82, 2.24) is 9.80 Å². The molecule has 0 N–H and O–H groups in total. The van der Waals surface area contributed by atoms with Crippen LogP contribution in [0.1, 0.15) is 28.3 Å². The molecule has 6 nitrogen and oxygen atoms in total. The van der Waals surface area contributed by atoms with Gasteiger partial charge in [-0.1, -0.05) is 48.0 Å². The van der Waals surface area contributed by atoms with Gasteiger partial charge in [0, 0.05) is 63.4 Å². The second-order valence-electron chi connectivity index (χ2n) is 10.2. The smallest absolute Gasteiger partial charge is 0.175 e. The van der Waals surface area contributed by atoms with Gasteiger partial charge in [-0.3, -0.25) is 9.80 Å². The van der Waals surface area contributed by atoms with Crippen molar-refractivity contribution in [2.45, 2.75) is 18.3 Å². The van der Waals surface area contributed by atoms with Gasteiger partial charge in [-0.2, -0.15) is 0 Å². The van der Waals surface area contributed by atoms with E-state index < -0.39 is 27.2 Å². The summed E-state index contributed by atoms with van der Waals surface area (Å²) in [6.45, 7) is 4.55. The van der Waals surface area contributed by atoms with E-state index in [0.29, 0.717) is 31.3 Å². The molecular weight excluding hydrogens is 570 g/mol. The van der Waals surface area contributed by atoms with Crippen molar-refractivity contribution >= 4 is 21.4 Å². The van der Waals surface area contributed by atoms with E-state index in [2.05, 4.69) is 34.1 Å². The third-order valence-corrected chi connectivity index (χ3v) is 8.60. The van der Waals surface area contributed by atoms with Crippen molar-refractivity contribution in [3.8, 4) is 0 Å². The largest absolute Gasteiger partial charge is 0.383 e. The predicted molar refractivity (Wildman–Crippen MR) is 157 cm³/mol. The Morgan fingerprint density at radius 1 is 0.878 bits per heavy atom. The van der Waals surface area contributed by atoms with E-state index in [-0.39, 0.29) is 11.6 Å². The van der Waals surface area contributed by atoms with Gasteiger partial charge < -0.3 is 9.47 Å². The molecule has 0 aromatic heterocycles. The molecule has 1 fully saturated rings. The first-order chi connectivity index (χ1) is 19.7. The number of methoxy groups -OCH3 is 2. The minimum Gasteiger partial charge on any atom is -0.383 e. The number of hydrogen-bond donors (Lipinski definition) is 0. The molecule has 0 amide bonds. The highest BCUT2D eigenvalue weighted by atomic mass is 35.5. The topological polar surface area (TPSA) is 59.1 Å². The van der Waals surface area contributed by atoms with Crippen LogP contribution < -0.4 is 0 Å². The molecule has 0 saturated carbocycles. The molecule has 1 aliphatic rings. The van der Waals surface area contributed by atoms with Crippen LogP contribution in [0.4, 0.5) is 8.78 Å². The van der Waals surface area contributed by atoms with Crippen LogP contribution in [0.15, 0.2) is 77.7 Å². The zero-order valence-electron chi connectivity index (χ0n) is 23.2. The average molecular weight is 605 g/mol. The Kier molecular flexibility index (Phi) is 11.1. The molecule has 4 rings (SSSR count). The molecule has 1 aliphatic heterocycles. The lowest BCUT2D eigenvalue weighted by Gasteiger charge is -2.41. The molecule has 10 heteroatoms. The van der Waals surface area contributed by atoms with Crippen LogP contribution in [0.5, 0.6) is 0 Å². The summed E-state index contributed by atoms with van der Waals surface area (Å²) in [5.74, 6) is -2.06. The van der Waals surface area contributed by atoms with Crippen LogP contribution in [-0.4, -0.2) is 71.8 Å². The second-order valence-corrected chi connectivity index (χ2v) is 12.5. The molecule has 3 aromatic rings. The van der Waals surface area contributed by atoms with Gasteiger partial charge >= 0.3 is 0 Å². The number of rotatable bonds is 14. The van der Waals surface area contributed by atoms with Crippen LogP contribution in [0, 0.1) is 11.6 Å². The third-order valence-electron chi connectivity index (χ3n) is 6.92. The highest BCUT2D eigenvalue weighted by molar-refractivity contribution is 7.93. The lowest BCUT2D eigenvalue weighted by Crippen LogP contribution is -2.43. The second kappa shape index (κ2) is 14.5. The van der Waals surface area contributed by atoms with Crippen molar-refractivity contribution in [3.05, 3.63) is 117 Å². The Hall–Kier alpha value is -2.66. The fourth-order valence-corrected chi connectivity index (χ4v) is 6.49. The Morgan fingerprint density at radius 2 is 1.41 bits per heavy atom. The maximum absolute atomic E-state index is 13.5. The zero-order chi connectivity index (χ0) is 29.4. The normalized spacial score (nSPS) is 14.7. The Morgan fingerprint density at radius 3 is 1.95 bits per heavy atom. The Balaban J connectivity index is 1.49. The molecule has 0 radical (unpaired) electrons. The van der Waals surface area contributed by atoms with Crippen molar-refractivity contribution in [1.29, 1.82) is 0 Å². The van der Waals surface area contributed by atoms with Gasteiger partial charge in [0.25, 0.3) is 0 Å². The maximum atomic E-state index is 13.5. The van der Waals surface area contributed by atoms with Crippen molar-refractivity contribution in [2.75, 3.05) is 53.6 Å². The molecule has 0 spiro atoms. The van der Waals surface area contributed by atoms with Crippen LogP contribution in [0.2, 0.25) is 5.02 Å². The van der Waals surface area contributed by atoms with Gasteiger partial charge in [0.1, 0.15) is 11.6 Å². The predicted octanol–water partition coefficient (Wildman–Crippen LogP) is 5.62. The molecule has 1 saturated heterocycles. The highest BCUT2D eigenvalue weighted by Crippen LogP contribution is 2.35. The van der Waals surface area contributed by atoms with Gasteiger partial charge in [-0.15, -0.1) is 0 Å². The fourth-order valence-electron chi connectivity index (χ4n) is 4.99. The van der Waals surface area contributed by atoms with Crippen LogP contribution in [-0.2, 0) is 31.6 Å². The fraction of sp³-hybridized carbons (Fsp3) is 0.355. The molecule has 0 unspecified atom stereocenters. The maximum Gasteiger partial charge on any atom is 0.175 e. The molecule has 1 atom stereocenters. The summed E-state index contributed by atoms with van der Waals surface area (Å²) in [6, 6.07) is 18.8. The number of sulfone groups is 1. The number of ether oxygens (including phenoxy) is 2.